The Morgan fingerprint density at radius 3 is 1.26 bits per heavy atom. The van der Waals surface area contributed by atoms with Crippen molar-refractivity contribution in [3.8, 4) is 0 Å². The molecule has 0 aliphatic carbocycles. The second-order valence-electron chi connectivity index (χ2n) is 9.21. The minimum atomic E-state index is -2.70. The van der Waals surface area contributed by atoms with E-state index < -0.39 is 14.6 Å². The molecule has 6 nitrogen and oxygen atoms in total. The Hall–Kier alpha value is -0.0231. The van der Waals surface area contributed by atoms with E-state index in [4.69, 9.17) is 30.5 Å². The van der Waals surface area contributed by atoms with Crippen LogP contribution in [0.25, 0.3) is 0 Å². The summed E-state index contributed by atoms with van der Waals surface area (Å²) in [4.78, 5) is 0. The molecule has 0 atom stereocenters. The van der Waals surface area contributed by atoms with Gasteiger partial charge in [-0.3, -0.25) is 0 Å². The molecule has 0 unspecified atom stereocenters. The van der Waals surface area contributed by atoms with Gasteiger partial charge in [-0.15, -0.1) is 0 Å². The van der Waals surface area contributed by atoms with Gasteiger partial charge in [0.25, 0.3) is 0 Å². The van der Waals surface area contributed by atoms with E-state index in [0.717, 1.165) is 6.42 Å². The summed E-state index contributed by atoms with van der Waals surface area (Å²) in [6.45, 7) is 2.94. The highest BCUT2D eigenvalue weighted by molar-refractivity contribution is 6.60. The molecule has 7 heteroatoms. The smallest absolute Gasteiger partial charge is 0.377 e. The van der Waals surface area contributed by atoms with Crippen molar-refractivity contribution in [3.63, 3.8) is 0 Å². The van der Waals surface area contributed by atoms with Crippen molar-refractivity contribution in [3.05, 3.63) is 0 Å². The van der Waals surface area contributed by atoms with Gasteiger partial charge in [0.15, 0.2) is 0 Å². The second-order valence-corrected chi connectivity index (χ2v) is 12.2. The largest absolute Gasteiger partial charge is 0.500 e. The molecular weight excluding hydrogens is 406 g/mol. The first kappa shape index (κ1) is 31.0. The van der Waals surface area contributed by atoms with Crippen LogP contribution in [0, 0.1) is 0 Å². The first-order chi connectivity index (χ1) is 14.9. The molecule has 0 rings (SSSR count). The average molecular weight is 462 g/mol. The zero-order valence-corrected chi connectivity index (χ0v) is 22.1. The lowest BCUT2D eigenvalue weighted by molar-refractivity contribution is 0.0936. The highest BCUT2D eigenvalue weighted by atomic mass is 28.4. The SMILES string of the molecule is CCCCCCCCCCCCCCCCCCCO[Si](CCC(N)(N)N)(OC)OC. The summed E-state index contributed by atoms with van der Waals surface area (Å²) in [7, 11) is 0.537. The number of nitrogens with two attached hydrogens (primary N) is 3. The highest BCUT2D eigenvalue weighted by Crippen LogP contribution is 2.19. The Morgan fingerprint density at radius 2 is 0.935 bits per heavy atom. The molecule has 0 aliphatic heterocycles. The van der Waals surface area contributed by atoms with E-state index in [1.165, 1.54) is 103 Å². The summed E-state index contributed by atoms with van der Waals surface area (Å²) >= 11 is 0. The van der Waals surface area contributed by atoms with Crippen molar-refractivity contribution in [2.24, 2.45) is 17.2 Å². The third-order valence-electron chi connectivity index (χ3n) is 6.06. The van der Waals surface area contributed by atoms with Crippen LogP contribution in [0.5, 0.6) is 0 Å². The van der Waals surface area contributed by atoms with Crippen LogP contribution >= 0.6 is 0 Å². The van der Waals surface area contributed by atoms with Gasteiger partial charge in [-0.25, -0.2) is 0 Å². The van der Waals surface area contributed by atoms with E-state index in [-0.39, 0.29) is 0 Å². The quantitative estimate of drug-likeness (QED) is 0.0951. The molecule has 6 N–H and O–H groups in total. The first-order valence-electron chi connectivity index (χ1n) is 13.0. The number of unbranched alkanes of at least 4 members (excludes halogenated alkanes) is 16. The molecule has 0 aromatic rings. The summed E-state index contributed by atoms with van der Waals surface area (Å²) in [5.41, 5.74) is 17.0. The van der Waals surface area contributed by atoms with Crippen LogP contribution in [0.3, 0.4) is 0 Å². The highest BCUT2D eigenvalue weighted by Gasteiger charge is 2.40. The van der Waals surface area contributed by atoms with Gasteiger partial charge in [0.05, 0.1) is 0 Å². The first-order valence-corrected chi connectivity index (χ1v) is 14.9. The summed E-state index contributed by atoms with van der Waals surface area (Å²) in [5, 5.41) is 0. The fraction of sp³-hybridized carbons (Fsp3) is 1.00. The maximum atomic E-state index is 5.98. The Bertz CT molecular complexity index is 378. The number of rotatable bonds is 24. The van der Waals surface area contributed by atoms with Crippen molar-refractivity contribution in [2.45, 2.75) is 134 Å². The minimum Gasteiger partial charge on any atom is -0.377 e. The molecular formula is C24H55N3O3Si. The monoisotopic (exact) mass is 461 g/mol. The molecule has 0 amide bonds. The zero-order chi connectivity index (χ0) is 23.3. The number of hydrogen-bond acceptors (Lipinski definition) is 6. The molecule has 0 spiro atoms. The third-order valence-corrected chi connectivity index (χ3v) is 8.81. The van der Waals surface area contributed by atoms with Crippen molar-refractivity contribution in [1.29, 1.82) is 0 Å². The number of hydrogen-bond donors (Lipinski definition) is 3. The lowest BCUT2D eigenvalue weighted by Gasteiger charge is -2.29. The molecule has 0 radical (unpaired) electrons. The third kappa shape index (κ3) is 20.3. The fourth-order valence-electron chi connectivity index (χ4n) is 3.90. The van der Waals surface area contributed by atoms with E-state index in [1.807, 2.05) is 0 Å². The predicted octanol–water partition coefficient (Wildman–Crippen LogP) is 5.81. The van der Waals surface area contributed by atoms with Crippen LogP contribution in [0.2, 0.25) is 6.04 Å². The van der Waals surface area contributed by atoms with Crippen LogP contribution < -0.4 is 17.2 Å². The molecule has 0 bridgehead atoms. The van der Waals surface area contributed by atoms with Crippen LogP contribution in [-0.2, 0) is 13.3 Å². The molecule has 0 saturated heterocycles. The predicted molar refractivity (Wildman–Crippen MR) is 135 cm³/mol. The summed E-state index contributed by atoms with van der Waals surface area (Å²) in [5.74, 6) is -1.22. The molecule has 0 aliphatic rings. The second kappa shape index (κ2) is 20.6. The van der Waals surface area contributed by atoms with Crippen molar-refractivity contribution < 1.29 is 13.3 Å². The molecule has 188 valence electrons. The van der Waals surface area contributed by atoms with Gasteiger partial charge in [-0.2, -0.15) is 0 Å². The van der Waals surface area contributed by atoms with Gasteiger partial charge in [0, 0.05) is 26.9 Å². The summed E-state index contributed by atoms with van der Waals surface area (Å²) in [6.07, 6.45) is 23.6. The van der Waals surface area contributed by atoms with Crippen LogP contribution in [0.1, 0.15) is 122 Å². The van der Waals surface area contributed by atoms with E-state index in [0.29, 0.717) is 19.1 Å². The molecule has 0 aromatic carbocycles. The van der Waals surface area contributed by atoms with Crippen LogP contribution in [-0.4, -0.2) is 35.4 Å². The average Bonchev–Trinajstić information content (AvgIpc) is 2.74. The molecule has 0 aromatic heterocycles. The van der Waals surface area contributed by atoms with Crippen LogP contribution in [0.15, 0.2) is 0 Å². The van der Waals surface area contributed by atoms with Gasteiger partial charge >= 0.3 is 8.80 Å². The Kier molecular flexibility index (Phi) is 20.6. The maximum Gasteiger partial charge on any atom is 0.500 e. The van der Waals surface area contributed by atoms with Gasteiger partial charge in [-0.05, 0) is 12.8 Å². The standard InChI is InChI=1S/C24H55N3O3Si/c1-4-5-6-7-8-9-10-11-12-13-14-15-16-17-18-19-20-22-30-31(28-2,29-3)23-21-24(25,26)27/h4-23,25-27H2,1-3H3. The summed E-state index contributed by atoms with van der Waals surface area (Å²) < 4.78 is 17.1. The lowest BCUT2D eigenvalue weighted by atomic mass is 10.0. The van der Waals surface area contributed by atoms with Crippen molar-refractivity contribution in [1.82, 2.24) is 0 Å². The topological polar surface area (TPSA) is 106 Å². The summed E-state index contributed by atoms with van der Waals surface area (Å²) in [6, 6.07) is 0.530. The van der Waals surface area contributed by atoms with Gasteiger partial charge < -0.3 is 30.5 Å². The Balaban J connectivity index is 3.45. The molecule has 0 fully saturated rings. The molecule has 31 heavy (non-hydrogen) atoms. The Labute approximate surface area is 194 Å². The maximum absolute atomic E-state index is 5.98. The van der Waals surface area contributed by atoms with E-state index in [1.54, 1.807) is 14.2 Å². The lowest BCUT2D eigenvalue weighted by Crippen LogP contribution is -2.59. The minimum absolute atomic E-state index is 0.403. The Morgan fingerprint density at radius 1 is 0.581 bits per heavy atom. The van der Waals surface area contributed by atoms with Crippen molar-refractivity contribution >= 4 is 8.80 Å². The fourth-order valence-corrected chi connectivity index (χ4v) is 6.05. The van der Waals surface area contributed by atoms with E-state index in [2.05, 4.69) is 6.92 Å². The van der Waals surface area contributed by atoms with E-state index >= 15 is 0 Å². The van der Waals surface area contributed by atoms with Gasteiger partial charge in [0.2, 0.25) is 0 Å². The molecule has 0 saturated carbocycles. The normalized spacial score (nSPS) is 12.6. The zero-order valence-electron chi connectivity index (χ0n) is 21.1. The van der Waals surface area contributed by atoms with E-state index in [9.17, 15) is 0 Å². The van der Waals surface area contributed by atoms with Crippen LogP contribution in [0.4, 0.5) is 0 Å². The van der Waals surface area contributed by atoms with Crippen molar-refractivity contribution in [2.75, 3.05) is 20.8 Å². The van der Waals surface area contributed by atoms with Gasteiger partial charge in [0.1, 0.15) is 5.79 Å². The molecule has 0 heterocycles. The van der Waals surface area contributed by atoms with Gasteiger partial charge in [-0.1, -0.05) is 110 Å².